The molecule has 0 aliphatic heterocycles. The number of hydrogen-bond acceptors (Lipinski definition) is 2. The highest BCUT2D eigenvalue weighted by Gasteiger charge is 2.42. The average molecular weight is 350 g/mol. The zero-order chi connectivity index (χ0) is 15.5. The Morgan fingerprint density at radius 3 is 2.62 bits per heavy atom. The van der Waals surface area contributed by atoms with E-state index >= 15 is 0 Å². The van der Waals surface area contributed by atoms with Gasteiger partial charge >= 0.3 is 0 Å². The maximum Gasteiger partial charge on any atom is 0.0976 e. The first-order valence-electron chi connectivity index (χ1n) is 7.88. The van der Waals surface area contributed by atoms with Crippen molar-refractivity contribution in [3.05, 3.63) is 33.8 Å². The molecule has 1 aliphatic carbocycles. The largest absolute Gasteiger partial charge is 0.387 e. The van der Waals surface area contributed by atoms with Crippen LogP contribution in [0, 0.1) is 29.6 Å². The van der Waals surface area contributed by atoms with Crippen LogP contribution in [0.1, 0.15) is 62.7 Å². The van der Waals surface area contributed by atoms with E-state index in [-0.39, 0.29) is 0 Å². The van der Waals surface area contributed by atoms with Crippen LogP contribution in [-0.4, -0.2) is 5.11 Å². The highest BCUT2D eigenvalue weighted by atomic mass is 79.9. The van der Waals surface area contributed by atoms with Gasteiger partial charge in [0.15, 0.2) is 0 Å². The van der Waals surface area contributed by atoms with Crippen LogP contribution >= 0.6 is 15.9 Å². The minimum absolute atomic E-state index is 0.607. The van der Waals surface area contributed by atoms with E-state index in [4.69, 9.17) is 0 Å². The minimum Gasteiger partial charge on any atom is -0.387 e. The molecule has 2 nitrogen and oxygen atoms in total. The summed E-state index contributed by atoms with van der Waals surface area (Å²) in [7, 11) is 0. The summed E-state index contributed by atoms with van der Waals surface area (Å²) in [4.78, 5) is 0. The van der Waals surface area contributed by atoms with Gasteiger partial charge in [-0.2, -0.15) is 5.26 Å². The highest BCUT2D eigenvalue weighted by molar-refractivity contribution is 9.10. The molecule has 2 rings (SSSR count). The van der Waals surface area contributed by atoms with E-state index < -0.39 is 11.5 Å². The Morgan fingerprint density at radius 1 is 1.43 bits per heavy atom. The van der Waals surface area contributed by atoms with E-state index in [9.17, 15) is 10.4 Å². The first-order valence-corrected chi connectivity index (χ1v) is 8.67. The Balaban J connectivity index is 2.17. The predicted octanol–water partition coefficient (Wildman–Crippen LogP) is 5.29. The summed E-state index contributed by atoms with van der Waals surface area (Å²) < 4.78 is 1.04. The van der Waals surface area contributed by atoms with Gasteiger partial charge in [0.25, 0.3) is 0 Å². The lowest BCUT2D eigenvalue weighted by Crippen LogP contribution is -2.32. The number of aliphatic hydroxyl groups excluding tert-OH is 1. The average Bonchev–Trinajstić information content (AvgIpc) is 2.51. The van der Waals surface area contributed by atoms with E-state index in [1.807, 2.05) is 25.1 Å². The first kappa shape index (κ1) is 16.5. The molecule has 0 amide bonds. The van der Waals surface area contributed by atoms with Crippen molar-refractivity contribution in [2.45, 2.75) is 58.5 Å². The molecule has 114 valence electrons. The Bertz CT molecular complexity index is 527. The molecule has 1 saturated carbocycles. The van der Waals surface area contributed by atoms with Crippen molar-refractivity contribution in [3.8, 4) is 6.07 Å². The van der Waals surface area contributed by atoms with Crippen LogP contribution in [0.5, 0.6) is 0 Å². The van der Waals surface area contributed by atoms with Crippen LogP contribution in [0.4, 0.5) is 0 Å². The number of nitrogens with zero attached hydrogens (tertiary/aromatic N) is 1. The number of aliphatic hydroxyl groups is 1. The number of halogens is 1. The van der Waals surface area contributed by atoms with Crippen LogP contribution in [0.2, 0.25) is 0 Å². The number of rotatable bonds is 4. The third-order valence-electron chi connectivity index (χ3n) is 4.94. The molecule has 1 aromatic carbocycles. The predicted molar refractivity (Wildman–Crippen MR) is 88.8 cm³/mol. The molecular weight excluding hydrogens is 326 g/mol. The zero-order valence-electron chi connectivity index (χ0n) is 12.9. The Labute approximate surface area is 136 Å². The monoisotopic (exact) mass is 349 g/mol. The molecule has 0 aromatic heterocycles. The van der Waals surface area contributed by atoms with Gasteiger partial charge in [-0.3, -0.25) is 0 Å². The van der Waals surface area contributed by atoms with Crippen LogP contribution in [0.25, 0.3) is 0 Å². The molecule has 1 atom stereocenters. The summed E-state index contributed by atoms with van der Waals surface area (Å²) in [5.41, 5.74) is 1.36. The molecule has 1 aromatic rings. The molecule has 1 N–H and O–H groups in total. The second kappa shape index (κ2) is 6.94. The molecule has 0 bridgehead atoms. The lowest BCUT2D eigenvalue weighted by atomic mass is 9.66. The fourth-order valence-electron chi connectivity index (χ4n) is 3.49. The van der Waals surface area contributed by atoms with Gasteiger partial charge < -0.3 is 5.11 Å². The molecule has 1 fully saturated rings. The van der Waals surface area contributed by atoms with Gasteiger partial charge in [-0.25, -0.2) is 0 Å². The summed E-state index contributed by atoms with van der Waals surface area (Å²) in [5.74, 6) is 0.732. The van der Waals surface area contributed by atoms with E-state index in [1.54, 1.807) is 0 Å². The summed E-state index contributed by atoms with van der Waals surface area (Å²) >= 11 is 3.48. The Morgan fingerprint density at radius 2 is 2.10 bits per heavy atom. The van der Waals surface area contributed by atoms with Crippen LogP contribution in [0.3, 0.4) is 0 Å². The van der Waals surface area contributed by atoms with Crippen molar-refractivity contribution < 1.29 is 5.11 Å². The Hall–Kier alpha value is -0.850. The molecule has 21 heavy (non-hydrogen) atoms. The van der Waals surface area contributed by atoms with Crippen molar-refractivity contribution >= 4 is 15.9 Å². The third kappa shape index (κ3) is 3.49. The Kier molecular flexibility index (Phi) is 5.46. The first-order chi connectivity index (χ1) is 10.0. The second-order valence-electron chi connectivity index (χ2n) is 6.41. The van der Waals surface area contributed by atoms with Crippen molar-refractivity contribution in [1.29, 1.82) is 5.26 Å². The van der Waals surface area contributed by atoms with E-state index in [2.05, 4.69) is 28.9 Å². The molecule has 0 radical (unpaired) electrons. The normalized spacial score (nSPS) is 27.1. The van der Waals surface area contributed by atoms with Gasteiger partial charge in [-0.05, 0) is 55.7 Å². The summed E-state index contributed by atoms with van der Waals surface area (Å²) in [6, 6.07) is 8.33. The van der Waals surface area contributed by atoms with Crippen molar-refractivity contribution in [1.82, 2.24) is 0 Å². The van der Waals surface area contributed by atoms with Gasteiger partial charge in [0.1, 0.15) is 0 Å². The molecule has 0 heterocycles. The van der Waals surface area contributed by atoms with Gasteiger partial charge in [0.2, 0.25) is 0 Å². The van der Waals surface area contributed by atoms with Crippen molar-refractivity contribution in [2.24, 2.45) is 11.3 Å². The minimum atomic E-state index is -0.683. The van der Waals surface area contributed by atoms with E-state index in [1.165, 1.54) is 12.8 Å². The maximum absolute atomic E-state index is 10.8. The second-order valence-corrected chi connectivity index (χ2v) is 7.27. The van der Waals surface area contributed by atoms with E-state index in [0.717, 1.165) is 47.2 Å². The molecule has 0 saturated heterocycles. The molecule has 1 aliphatic rings. The summed E-state index contributed by atoms with van der Waals surface area (Å²) in [5, 5.41) is 20.5. The smallest absolute Gasteiger partial charge is 0.0976 e. The number of hydrogen-bond donors (Lipinski definition) is 1. The fourth-order valence-corrected chi connectivity index (χ4v) is 3.74. The SMILES string of the molecule is CCCC1CCC(C#N)(C(O)c2ccc(Br)c(C)c2)CC1. The van der Waals surface area contributed by atoms with Crippen LogP contribution < -0.4 is 0 Å². The van der Waals surface area contributed by atoms with Gasteiger partial charge in [0, 0.05) is 4.47 Å². The van der Waals surface area contributed by atoms with Crippen molar-refractivity contribution in [2.75, 3.05) is 0 Å². The van der Waals surface area contributed by atoms with Crippen LogP contribution in [-0.2, 0) is 0 Å². The molecule has 0 spiro atoms. The topological polar surface area (TPSA) is 44.0 Å². The number of aryl methyl sites for hydroxylation is 1. The maximum atomic E-state index is 10.8. The molecular formula is C18H24BrNO. The molecule has 1 unspecified atom stereocenters. The van der Waals surface area contributed by atoms with E-state index in [0.29, 0.717) is 0 Å². The summed E-state index contributed by atoms with van der Waals surface area (Å²) in [6.07, 6.45) is 5.52. The lowest BCUT2D eigenvalue weighted by molar-refractivity contribution is 0.0236. The van der Waals surface area contributed by atoms with Gasteiger partial charge in [-0.1, -0.05) is 47.8 Å². The van der Waals surface area contributed by atoms with Crippen molar-refractivity contribution in [3.63, 3.8) is 0 Å². The van der Waals surface area contributed by atoms with Gasteiger partial charge in [-0.15, -0.1) is 0 Å². The number of nitriles is 1. The highest BCUT2D eigenvalue weighted by Crippen LogP contribution is 2.48. The standard InChI is InChI=1S/C18H24BrNO/c1-3-4-14-7-9-18(12-20,10-8-14)17(21)15-5-6-16(19)13(2)11-15/h5-6,11,14,17,21H,3-4,7-10H2,1-2H3. The fraction of sp³-hybridized carbons (Fsp3) is 0.611. The quantitative estimate of drug-likeness (QED) is 0.802. The number of benzene rings is 1. The lowest BCUT2D eigenvalue weighted by Gasteiger charge is -2.38. The third-order valence-corrected chi connectivity index (χ3v) is 5.83. The molecule has 3 heteroatoms. The van der Waals surface area contributed by atoms with Crippen LogP contribution in [0.15, 0.2) is 22.7 Å². The zero-order valence-corrected chi connectivity index (χ0v) is 14.5. The summed E-state index contributed by atoms with van der Waals surface area (Å²) in [6.45, 7) is 4.23. The van der Waals surface area contributed by atoms with Gasteiger partial charge in [0.05, 0.1) is 17.6 Å².